The summed E-state index contributed by atoms with van der Waals surface area (Å²) in [5.41, 5.74) is -0.0551. The number of hydrogen-bond donors (Lipinski definition) is 1. The first-order valence-electron chi connectivity index (χ1n) is 7.63. The van der Waals surface area contributed by atoms with E-state index < -0.39 is 22.4 Å². The second kappa shape index (κ2) is 7.59. The fourth-order valence-corrected chi connectivity index (χ4v) is 3.56. The van der Waals surface area contributed by atoms with Crippen LogP contribution in [-0.2, 0) is 19.4 Å². The first kappa shape index (κ1) is 17.5. The Hall–Kier alpha value is -1.89. The van der Waals surface area contributed by atoms with Crippen LogP contribution >= 0.6 is 0 Å². The summed E-state index contributed by atoms with van der Waals surface area (Å²) in [5, 5.41) is 2.84. The minimum atomic E-state index is -3.54. The SMILES string of the molecule is CS(=O)(=O)c1ccccc1C(=O)OCC(=O)NC1CCCCC1. The molecule has 1 aliphatic rings. The van der Waals surface area contributed by atoms with E-state index in [0.29, 0.717) is 0 Å². The molecule has 0 saturated heterocycles. The molecule has 0 aliphatic heterocycles. The number of benzene rings is 1. The van der Waals surface area contributed by atoms with Crippen LogP contribution in [0.1, 0.15) is 42.5 Å². The maximum absolute atomic E-state index is 12.0. The number of carbonyl (C=O) groups excluding carboxylic acids is 2. The molecule has 0 atom stereocenters. The summed E-state index contributed by atoms with van der Waals surface area (Å²) in [6.45, 7) is -0.409. The lowest BCUT2D eigenvalue weighted by Gasteiger charge is -2.22. The number of nitrogens with one attached hydrogen (secondary N) is 1. The van der Waals surface area contributed by atoms with Crippen LogP contribution in [0.3, 0.4) is 0 Å². The first-order valence-corrected chi connectivity index (χ1v) is 9.52. The summed E-state index contributed by atoms with van der Waals surface area (Å²) in [5.74, 6) is -1.17. The van der Waals surface area contributed by atoms with E-state index in [-0.39, 0.29) is 22.4 Å². The number of amides is 1. The Kier molecular flexibility index (Phi) is 5.76. The molecule has 1 fully saturated rings. The minimum Gasteiger partial charge on any atom is -0.452 e. The number of hydrogen-bond acceptors (Lipinski definition) is 5. The maximum atomic E-state index is 12.0. The molecular formula is C16H21NO5S. The van der Waals surface area contributed by atoms with E-state index >= 15 is 0 Å². The molecule has 0 unspecified atom stereocenters. The Bertz CT molecular complexity index is 677. The summed E-state index contributed by atoms with van der Waals surface area (Å²) < 4.78 is 28.3. The number of ether oxygens (including phenoxy) is 1. The van der Waals surface area contributed by atoms with Crippen molar-refractivity contribution in [2.24, 2.45) is 0 Å². The van der Waals surface area contributed by atoms with Gasteiger partial charge in [0.2, 0.25) is 0 Å². The van der Waals surface area contributed by atoms with Crippen LogP contribution in [0.25, 0.3) is 0 Å². The monoisotopic (exact) mass is 339 g/mol. The van der Waals surface area contributed by atoms with E-state index in [1.54, 1.807) is 6.07 Å². The quantitative estimate of drug-likeness (QED) is 0.825. The topological polar surface area (TPSA) is 89.5 Å². The van der Waals surface area contributed by atoms with Gasteiger partial charge in [0.15, 0.2) is 16.4 Å². The van der Waals surface area contributed by atoms with Crippen LogP contribution in [0.4, 0.5) is 0 Å². The van der Waals surface area contributed by atoms with Gasteiger partial charge in [-0.3, -0.25) is 4.79 Å². The fraction of sp³-hybridized carbons (Fsp3) is 0.500. The van der Waals surface area contributed by atoms with Crippen molar-refractivity contribution in [2.45, 2.75) is 43.0 Å². The van der Waals surface area contributed by atoms with Crippen molar-refractivity contribution in [3.05, 3.63) is 29.8 Å². The van der Waals surface area contributed by atoms with Crippen LogP contribution in [0.2, 0.25) is 0 Å². The minimum absolute atomic E-state index is 0.0551. The average molecular weight is 339 g/mol. The lowest BCUT2D eigenvalue weighted by molar-refractivity contribution is -0.125. The van der Waals surface area contributed by atoms with Crippen molar-refractivity contribution >= 4 is 21.7 Å². The van der Waals surface area contributed by atoms with Gasteiger partial charge in [0.1, 0.15) is 0 Å². The van der Waals surface area contributed by atoms with Crippen molar-refractivity contribution < 1.29 is 22.7 Å². The molecule has 1 aromatic carbocycles. The summed E-state index contributed by atoms with van der Waals surface area (Å²) in [6.07, 6.45) is 6.27. The Balaban J connectivity index is 1.93. The van der Waals surface area contributed by atoms with Crippen molar-refractivity contribution in [3.8, 4) is 0 Å². The summed E-state index contributed by atoms with van der Waals surface area (Å²) in [7, 11) is -3.54. The van der Waals surface area contributed by atoms with Gasteiger partial charge in [0.25, 0.3) is 5.91 Å². The number of carbonyl (C=O) groups is 2. The molecule has 1 amide bonds. The zero-order chi connectivity index (χ0) is 16.9. The molecule has 126 valence electrons. The number of esters is 1. The Morgan fingerprint density at radius 1 is 1.17 bits per heavy atom. The van der Waals surface area contributed by atoms with E-state index in [9.17, 15) is 18.0 Å². The Labute approximate surface area is 136 Å². The normalized spacial score (nSPS) is 15.9. The van der Waals surface area contributed by atoms with Gasteiger partial charge >= 0.3 is 5.97 Å². The summed E-state index contributed by atoms with van der Waals surface area (Å²) in [4.78, 5) is 23.8. The third kappa shape index (κ3) is 5.06. The average Bonchev–Trinajstić information content (AvgIpc) is 2.53. The smallest absolute Gasteiger partial charge is 0.339 e. The molecule has 7 heteroatoms. The van der Waals surface area contributed by atoms with Gasteiger partial charge in [0, 0.05) is 12.3 Å². The molecule has 0 radical (unpaired) electrons. The highest BCUT2D eigenvalue weighted by Crippen LogP contribution is 2.18. The van der Waals surface area contributed by atoms with Gasteiger partial charge in [-0.1, -0.05) is 31.4 Å². The van der Waals surface area contributed by atoms with Gasteiger partial charge in [-0.05, 0) is 25.0 Å². The molecular weight excluding hydrogens is 318 g/mol. The van der Waals surface area contributed by atoms with Crippen LogP contribution < -0.4 is 5.32 Å². The highest BCUT2D eigenvalue weighted by Gasteiger charge is 2.21. The molecule has 1 aliphatic carbocycles. The zero-order valence-corrected chi connectivity index (χ0v) is 13.9. The molecule has 0 bridgehead atoms. The van der Waals surface area contributed by atoms with Gasteiger partial charge < -0.3 is 10.1 Å². The number of sulfone groups is 1. The molecule has 1 aromatic rings. The molecule has 0 heterocycles. The third-order valence-electron chi connectivity index (χ3n) is 3.81. The van der Waals surface area contributed by atoms with E-state index in [1.807, 2.05) is 0 Å². The molecule has 1 N–H and O–H groups in total. The fourth-order valence-electron chi connectivity index (χ4n) is 2.68. The van der Waals surface area contributed by atoms with Gasteiger partial charge in [-0.25, -0.2) is 13.2 Å². The molecule has 0 spiro atoms. The van der Waals surface area contributed by atoms with Gasteiger partial charge in [-0.15, -0.1) is 0 Å². The third-order valence-corrected chi connectivity index (χ3v) is 4.97. The lowest BCUT2D eigenvalue weighted by Crippen LogP contribution is -2.38. The second-order valence-electron chi connectivity index (χ2n) is 5.75. The van der Waals surface area contributed by atoms with Crippen molar-refractivity contribution in [3.63, 3.8) is 0 Å². The summed E-state index contributed by atoms with van der Waals surface area (Å²) in [6, 6.07) is 5.93. The predicted molar refractivity (Wildman–Crippen MR) is 84.9 cm³/mol. The number of rotatable bonds is 5. The largest absolute Gasteiger partial charge is 0.452 e. The lowest BCUT2D eigenvalue weighted by atomic mass is 9.95. The highest BCUT2D eigenvalue weighted by molar-refractivity contribution is 7.90. The molecule has 23 heavy (non-hydrogen) atoms. The highest BCUT2D eigenvalue weighted by atomic mass is 32.2. The second-order valence-corrected chi connectivity index (χ2v) is 7.73. The van der Waals surface area contributed by atoms with Crippen molar-refractivity contribution in [1.82, 2.24) is 5.32 Å². The molecule has 6 nitrogen and oxygen atoms in total. The Morgan fingerprint density at radius 2 is 1.83 bits per heavy atom. The van der Waals surface area contributed by atoms with Crippen LogP contribution in [0, 0.1) is 0 Å². The maximum Gasteiger partial charge on any atom is 0.339 e. The first-order chi connectivity index (χ1) is 10.9. The zero-order valence-electron chi connectivity index (χ0n) is 13.1. The van der Waals surface area contributed by atoms with Crippen molar-refractivity contribution in [1.29, 1.82) is 0 Å². The van der Waals surface area contributed by atoms with Gasteiger partial charge in [0.05, 0.1) is 10.5 Å². The van der Waals surface area contributed by atoms with Crippen LogP contribution in [-0.4, -0.2) is 39.2 Å². The molecule has 1 saturated carbocycles. The van der Waals surface area contributed by atoms with E-state index in [4.69, 9.17) is 4.74 Å². The van der Waals surface area contributed by atoms with Crippen LogP contribution in [0.15, 0.2) is 29.2 Å². The van der Waals surface area contributed by atoms with Crippen LogP contribution in [0.5, 0.6) is 0 Å². The summed E-state index contributed by atoms with van der Waals surface area (Å²) >= 11 is 0. The van der Waals surface area contributed by atoms with E-state index in [1.165, 1.54) is 24.6 Å². The predicted octanol–water partition coefficient (Wildman–Crippen LogP) is 1.70. The molecule has 0 aromatic heterocycles. The van der Waals surface area contributed by atoms with E-state index in [2.05, 4.69) is 5.32 Å². The van der Waals surface area contributed by atoms with Gasteiger partial charge in [-0.2, -0.15) is 0 Å². The Morgan fingerprint density at radius 3 is 2.48 bits per heavy atom. The molecule has 2 rings (SSSR count). The van der Waals surface area contributed by atoms with E-state index in [0.717, 1.165) is 31.9 Å². The van der Waals surface area contributed by atoms with Crippen molar-refractivity contribution in [2.75, 3.05) is 12.9 Å². The standard InChI is InChI=1S/C16H21NO5S/c1-23(20,21)14-10-6-5-9-13(14)16(19)22-11-15(18)17-12-7-3-2-4-8-12/h5-6,9-10,12H,2-4,7-8,11H2,1H3,(H,17,18).